The predicted molar refractivity (Wildman–Crippen MR) is 80.4 cm³/mol. The summed E-state index contributed by atoms with van der Waals surface area (Å²) < 4.78 is 24.6. The van der Waals surface area contributed by atoms with Gasteiger partial charge in [0.05, 0.1) is 15.6 Å². The zero-order valence-electron chi connectivity index (χ0n) is 10.5. The number of nitrogens with zero attached hydrogens (tertiary/aromatic N) is 1. The molecule has 0 amide bonds. The second kappa shape index (κ2) is 6.01. The molecule has 2 aromatic carbocycles. The average molecular weight is 346 g/mol. The highest BCUT2D eigenvalue weighted by Gasteiger charge is 2.25. The monoisotopic (exact) mass is 345 g/mol. The van der Waals surface area contributed by atoms with Gasteiger partial charge in [0.25, 0.3) is 5.69 Å². The first-order valence-electron chi connectivity index (χ1n) is 5.71. The molecule has 0 spiro atoms. The van der Waals surface area contributed by atoms with Crippen LogP contribution < -0.4 is 0 Å². The number of halogens is 2. The van der Waals surface area contributed by atoms with Crippen molar-refractivity contribution in [1.82, 2.24) is 0 Å². The fraction of sp³-hybridized carbons (Fsp3) is 0.0769. The number of hydrogen-bond donors (Lipinski definition) is 0. The largest absolute Gasteiger partial charge is 0.292 e. The molecule has 0 N–H and O–H groups in total. The van der Waals surface area contributed by atoms with Crippen molar-refractivity contribution in [2.75, 3.05) is 0 Å². The van der Waals surface area contributed by atoms with Crippen LogP contribution in [-0.4, -0.2) is 13.3 Å². The predicted octanol–water partition coefficient (Wildman–Crippen LogP) is 3.88. The molecule has 2 rings (SSSR count). The quantitative estimate of drug-likeness (QED) is 0.622. The fourth-order valence-corrected chi connectivity index (χ4v) is 3.82. The zero-order valence-corrected chi connectivity index (χ0v) is 12.8. The molecule has 0 saturated heterocycles. The van der Waals surface area contributed by atoms with Gasteiger partial charge in [-0.2, -0.15) is 0 Å². The van der Waals surface area contributed by atoms with Gasteiger partial charge in [0.2, 0.25) is 0 Å². The summed E-state index contributed by atoms with van der Waals surface area (Å²) >= 11 is 11.6. The molecular weight excluding hydrogens is 337 g/mol. The molecule has 0 aromatic heterocycles. The van der Waals surface area contributed by atoms with Crippen LogP contribution in [0.2, 0.25) is 10.0 Å². The molecule has 110 valence electrons. The Morgan fingerprint density at radius 3 is 2.29 bits per heavy atom. The summed E-state index contributed by atoms with van der Waals surface area (Å²) in [6.45, 7) is 0. The second-order valence-electron chi connectivity index (χ2n) is 4.22. The molecule has 21 heavy (non-hydrogen) atoms. The van der Waals surface area contributed by atoms with Crippen LogP contribution in [0.15, 0.2) is 47.4 Å². The van der Waals surface area contributed by atoms with Gasteiger partial charge < -0.3 is 0 Å². The lowest BCUT2D eigenvalue weighted by Crippen LogP contribution is -2.07. The first-order chi connectivity index (χ1) is 9.81. The molecule has 0 aliphatic carbocycles. The highest BCUT2D eigenvalue weighted by molar-refractivity contribution is 7.90. The summed E-state index contributed by atoms with van der Waals surface area (Å²) in [4.78, 5) is 10.4. The van der Waals surface area contributed by atoms with Gasteiger partial charge in [0.1, 0.15) is 5.02 Å². The Bertz CT molecular complexity index is 791. The molecule has 0 heterocycles. The van der Waals surface area contributed by atoms with E-state index in [-0.39, 0.29) is 20.5 Å². The van der Waals surface area contributed by atoms with Gasteiger partial charge in [0, 0.05) is 10.6 Å². The maximum atomic E-state index is 12.3. The number of sulfone groups is 1. The molecule has 0 aliphatic rings. The van der Waals surface area contributed by atoms with Gasteiger partial charge in [-0.3, -0.25) is 10.1 Å². The number of nitro groups is 1. The van der Waals surface area contributed by atoms with Crippen molar-refractivity contribution in [3.8, 4) is 0 Å². The number of rotatable bonds is 4. The summed E-state index contributed by atoms with van der Waals surface area (Å²) in [6.07, 6.45) is 0. The lowest BCUT2D eigenvalue weighted by atomic mass is 10.2. The zero-order chi connectivity index (χ0) is 15.6. The Labute approximate surface area is 131 Å². The topological polar surface area (TPSA) is 77.3 Å². The Kier molecular flexibility index (Phi) is 4.51. The average Bonchev–Trinajstić information content (AvgIpc) is 2.37. The molecule has 2 aromatic rings. The highest BCUT2D eigenvalue weighted by Crippen LogP contribution is 2.34. The summed E-state index contributed by atoms with van der Waals surface area (Å²) in [7, 11) is -3.72. The number of benzene rings is 2. The molecule has 0 unspecified atom stereocenters. The van der Waals surface area contributed by atoms with Crippen LogP contribution in [0.1, 0.15) is 5.56 Å². The maximum Gasteiger partial charge on any atom is 0.292 e. The van der Waals surface area contributed by atoms with Crippen molar-refractivity contribution in [3.63, 3.8) is 0 Å². The van der Waals surface area contributed by atoms with Crippen molar-refractivity contribution >= 4 is 38.7 Å². The van der Waals surface area contributed by atoms with Crippen LogP contribution in [0, 0.1) is 10.1 Å². The number of hydrogen-bond acceptors (Lipinski definition) is 4. The van der Waals surface area contributed by atoms with Crippen molar-refractivity contribution in [2.45, 2.75) is 10.6 Å². The van der Waals surface area contributed by atoms with E-state index in [2.05, 4.69) is 0 Å². The Morgan fingerprint density at radius 2 is 1.71 bits per heavy atom. The van der Waals surface area contributed by atoms with Gasteiger partial charge in [-0.25, -0.2) is 8.42 Å². The third-order valence-electron chi connectivity index (χ3n) is 2.74. The standard InChI is InChI=1S/C13H9Cl2NO4S/c14-10-6-9(13(16(17)18)12(15)7-10)8-21(19,20)11-4-2-1-3-5-11/h1-7H,8H2. The van der Waals surface area contributed by atoms with Gasteiger partial charge in [-0.15, -0.1) is 0 Å². The first-order valence-corrected chi connectivity index (χ1v) is 8.12. The van der Waals surface area contributed by atoms with E-state index in [1.807, 2.05) is 0 Å². The van der Waals surface area contributed by atoms with E-state index in [1.54, 1.807) is 18.2 Å². The summed E-state index contributed by atoms with van der Waals surface area (Å²) in [5, 5.41) is 11.0. The van der Waals surface area contributed by atoms with Crippen molar-refractivity contribution in [3.05, 3.63) is 68.2 Å². The van der Waals surface area contributed by atoms with Crippen LogP contribution in [0.4, 0.5) is 5.69 Å². The van der Waals surface area contributed by atoms with Gasteiger partial charge in [-0.05, 0) is 24.3 Å². The van der Waals surface area contributed by atoms with E-state index in [1.165, 1.54) is 24.3 Å². The highest BCUT2D eigenvalue weighted by atomic mass is 35.5. The third-order valence-corrected chi connectivity index (χ3v) is 4.93. The molecule has 0 radical (unpaired) electrons. The van der Waals surface area contributed by atoms with E-state index >= 15 is 0 Å². The van der Waals surface area contributed by atoms with E-state index < -0.39 is 26.2 Å². The SMILES string of the molecule is O=[N+]([O-])c1c(Cl)cc(Cl)cc1CS(=O)(=O)c1ccccc1. The lowest BCUT2D eigenvalue weighted by molar-refractivity contribution is -0.385. The first kappa shape index (κ1) is 15.8. The minimum Gasteiger partial charge on any atom is -0.258 e. The Balaban J connectivity index is 2.52. The minimum atomic E-state index is -3.72. The second-order valence-corrected chi connectivity index (χ2v) is 7.06. The van der Waals surface area contributed by atoms with Gasteiger partial charge in [-0.1, -0.05) is 41.4 Å². The van der Waals surface area contributed by atoms with E-state index in [0.717, 1.165) is 0 Å². The molecule has 0 bridgehead atoms. The molecular formula is C13H9Cl2NO4S. The van der Waals surface area contributed by atoms with E-state index in [0.29, 0.717) is 0 Å². The van der Waals surface area contributed by atoms with Crippen molar-refractivity contribution < 1.29 is 13.3 Å². The summed E-state index contributed by atoms with van der Waals surface area (Å²) in [5.74, 6) is -0.548. The smallest absolute Gasteiger partial charge is 0.258 e. The molecule has 8 heteroatoms. The van der Waals surface area contributed by atoms with E-state index in [4.69, 9.17) is 23.2 Å². The van der Waals surface area contributed by atoms with Crippen LogP contribution >= 0.6 is 23.2 Å². The van der Waals surface area contributed by atoms with E-state index in [9.17, 15) is 18.5 Å². The normalized spacial score (nSPS) is 11.3. The molecule has 0 saturated carbocycles. The lowest BCUT2D eigenvalue weighted by Gasteiger charge is -2.07. The minimum absolute atomic E-state index is 0.0404. The van der Waals surface area contributed by atoms with Crippen molar-refractivity contribution in [2.24, 2.45) is 0 Å². The van der Waals surface area contributed by atoms with Gasteiger partial charge >= 0.3 is 0 Å². The molecule has 0 aliphatic heterocycles. The Morgan fingerprint density at radius 1 is 1.10 bits per heavy atom. The van der Waals surface area contributed by atoms with Crippen molar-refractivity contribution in [1.29, 1.82) is 0 Å². The Hall–Kier alpha value is -1.63. The molecule has 0 fully saturated rings. The number of nitro benzene ring substituents is 1. The summed E-state index contributed by atoms with van der Waals surface area (Å²) in [6, 6.07) is 10.1. The molecule has 5 nitrogen and oxygen atoms in total. The maximum absolute atomic E-state index is 12.3. The van der Waals surface area contributed by atoms with Gasteiger partial charge in [0.15, 0.2) is 9.84 Å². The van der Waals surface area contributed by atoms with Crippen LogP contribution in [0.5, 0.6) is 0 Å². The van der Waals surface area contributed by atoms with Crippen LogP contribution in [0.25, 0.3) is 0 Å². The summed E-state index contributed by atoms with van der Waals surface area (Å²) in [5.41, 5.74) is -0.484. The fourth-order valence-electron chi connectivity index (χ4n) is 1.85. The van der Waals surface area contributed by atoms with Crippen LogP contribution in [0.3, 0.4) is 0 Å². The van der Waals surface area contributed by atoms with Crippen LogP contribution in [-0.2, 0) is 15.6 Å². The molecule has 0 atom stereocenters. The third kappa shape index (κ3) is 3.53.